The second kappa shape index (κ2) is 5.69. The van der Waals surface area contributed by atoms with E-state index >= 15 is 0 Å². The van der Waals surface area contributed by atoms with E-state index in [-0.39, 0.29) is 5.91 Å². The lowest BCUT2D eigenvalue weighted by Crippen LogP contribution is -2.12. The minimum Gasteiger partial charge on any atom is -0.322 e. The van der Waals surface area contributed by atoms with Crippen LogP contribution in [0.3, 0.4) is 0 Å². The summed E-state index contributed by atoms with van der Waals surface area (Å²) in [6, 6.07) is 6.69. The van der Waals surface area contributed by atoms with Crippen LogP contribution in [-0.2, 0) is 0 Å². The van der Waals surface area contributed by atoms with Gasteiger partial charge in [-0.3, -0.25) is 9.78 Å². The number of hydrogen-bond donors (Lipinski definition) is 1. The van der Waals surface area contributed by atoms with Crippen LogP contribution in [0, 0.1) is 0 Å². The van der Waals surface area contributed by atoms with Crippen molar-refractivity contribution in [2.24, 2.45) is 0 Å². The van der Waals surface area contributed by atoms with Crippen molar-refractivity contribution in [2.75, 3.05) is 5.32 Å². The van der Waals surface area contributed by atoms with E-state index < -0.39 is 0 Å². The van der Waals surface area contributed by atoms with Gasteiger partial charge in [-0.1, -0.05) is 23.2 Å². The highest BCUT2D eigenvalue weighted by molar-refractivity contribution is 9.10. The van der Waals surface area contributed by atoms with E-state index in [0.717, 1.165) is 4.47 Å². The fourth-order valence-corrected chi connectivity index (χ4v) is 1.94. The molecule has 0 aliphatic rings. The van der Waals surface area contributed by atoms with Crippen molar-refractivity contribution in [1.82, 2.24) is 4.98 Å². The molecule has 1 N–H and O–H groups in total. The Balaban J connectivity index is 2.22. The molecule has 1 amide bonds. The average molecular weight is 346 g/mol. The molecule has 0 spiro atoms. The van der Waals surface area contributed by atoms with Gasteiger partial charge < -0.3 is 5.32 Å². The molecule has 0 aliphatic heterocycles. The normalized spacial score (nSPS) is 10.2. The molecular weight excluding hydrogens is 339 g/mol. The van der Waals surface area contributed by atoms with Gasteiger partial charge in [-0.05, 0) is 40.2 Å². The summed E-state index contributed by atoms with van der Waals surface area (Å²) in [6.07, 6.45) is 2.94. The third kappa shape index (κ3) is 3.02. The second-order valence-electron chi connectivity index (χ2n) is 3.44. The molecule has 6 heteroatoms. The highest BCUT2D eigenvalue weighted by Crippen LogP contribution is 2.26. The van der Waals surface area contributed by atoms with Gasteiger partial charge in [0.1, 0.15) is 0 Å². The molecule has 92 valence electrons. The van der Waals surface area contributed by atoms with Crippen molar-refractivity contribution in [2.45, 2.75) is 0 Å². The molecule has 0 radical (unpaired) electrons. The molecule has 2 aromatic rings. The Hall–Kier alpha value is -1.10. The van der Waals surface area contributed by atoms with Crippen molar-refractivity contribution in [3.63, 3.8) is 0 Å². The van der Waals surface area contributed by atoms with E-state index in [1.807, 2.05) is 0 Å². The Labute approximate surface area is 122 Å². The molecule has 1 aromatic heterocycles. The minimum absolute atomic E-state index is 0.318. The predicted octanol–water partition coefficient (Wildman–Crippen LogP) is 4.40. The van der Waals surface area contributed by atoms with Gasteiger partial charge in [0.25, 0.3) is 5.91 Å². The van der Waals surface area contributed by atoms with Crippen LogP contribution in [-0.4, -0.2) is 10.9 Å². The first kappa shape index (κ1) is 13.3. The smallest absolute Gasteiger partial charge is 0.258 e. The van der Waals surface area contributed by atoms with E-state index in [2.05, 4.69) is 26.2 Å². The van der Waals surface area contributed by atoms with Crippen molar-refractivity contribution < 1.29 is 4.79 Å². The van der Waals surface area contributed by atoms with E-state index in [1.54, 1.807) is 24.3 Å². The Morgan fingerprint density at radius 2 is 2.00 bits per heavy atom. The van der Waals surface area contributed by atoms with Gasteiger partial charge in [-0.25, -0.2) is 0 Å². The maximum Gasteiger partial charge on any atom is 0.258 e. The fourth-order valence-electron chi connectivity index (χ4n) is 1.32. The molecule has 1 heterocycles. The van der Waals surface area contributed by atoms with Crippen LogP contribution in [0.1, 0.15) is 10.4 Å². The number of nitrogens with zero attached hydrogens (tertiary/aromatic N) is 1. The van der Waals surface area contributed by atoms with Gasteiger partial charge >= 0.3 is 0 Å². The molecule has 1 aromatic carbocycles. The molecule has 0 saturated heterocycles. The Kier molecular flexibility index (Phi) is 4.22. The maximum absolute atomic E-state index is 11.9. The quantitative estimate of drug-likeness (QED) is 0.876. The molecule has 0 aliphatic carbocycles. The van der Waals surface area contributed by atoms with Crippen LogP contribution in [0.5, 0.6) is 0 Å². The monoisotopic (exact) mass is 344 g/mol. The van der Waals surface area contributed by atoms with Crippen molar-refractivity contribution in [3.8, 4) is 0 Å². The third-order valence-corrected chi connectivity index (χ3v) is 3.75. The number of aromatic nitrogens is 1. The summed E-state index contributed by atoms with van der Waals surface area (Å²) in [6.45, 7) is 0. The predicted molar refractivity (Wildman–Crippen MR) is 76.4 cm³/mol. The van der Waals surface area contributed by atoms with Crippen LogP contribution in [0.2, 0.25) is 10.0 Å². The zero-order chi connectivity index (χ0) is 13.1. The SMILES string of the molecule is O=C(Nc1ccc(Br)c(Cl)c1)c1cnccc1Cl. The van der Waals surface area contributed by atoms with Gasteiger partial charge in [0.15, 0.2) is 0 Å². The summed E-state index contributed by atoms with van der Waals surface area (Å²) >= 11 is 15.1. The number of carbonyl (C=O) groups excluding carboxylic acids is 1. The van der Waals surface area contributed by atoms with Gasteiger partial charge in [0.2, 0.25) is 0 Å². The zero-order valence-electron chi connectivity index (χ0n) is 8.95. The number of amides is 1. The van der Waals surface area contributed by atoms with Crippen LogP contribution >= 0.6 is 39.1 Å². The van der Waals surface area contributed by atoms with Gasteiger partial charge in [0.05, 0.1) is 15.6 Å². The number of nitrogens with one attached hydrogen (secondary N) is 1. The highest BCUT2D eigenvalue weighted by Gasteiger charge is 2.10. The number of benzene rings is 1. The van der Waals surface area contributed by atoms with E-state index in [0.29, 0.717) is 21.3 Å². The lowest BCUT2D eigenvalue weighted by atomic mass is 10.2. The lowest BCUT2D eigenvalue weighted by molar-refractivity contribution is 0.102. The van der Waals surface area contributed by atoms with Crippen molar-refractivity contribution in [1.29, 1.82) is 0 Å². The Bertz CT molecular complexity index is 604. The number of halogens is 3. The number of rotatable bonds is 2. The largest absolute Gasteiger partial charge is 0.322 e. The molecule has 0 fully saturated rings. The second-order valence-corrected chi connectivity index (χ2v) is 5.11. The van der Waals surface area contributed by atoms with E-state index in [9.17, 15) is 4.79 Å². The van der Waals surface area contributed by atoms with Gasteiger partial charge in [-0.15, -0.1) is 0 Å². The molecular formula is C12H7BrCl2N2O. The lowest BCUT2D eigenvalue weighted by Gasteiger charge is -2.07. The number of pyridine rings is 1. The van der Waals surface area contributed by atoms with Crippen LogP contribution < -0.4 is 5.32 Å². The first-order valence-electron chi connectivity index (χ1n) is 4.94. The summed E-state index contributed by atoms with van der Waals surface area (Å²) in [4.78, 5) is 15.8. The summed E-state index contributed by atoms with van der Waals surface area (Å²) in [5, 5.41) is 3.57. The zero-order valence-corrected chi connectivity index (χ0v) is 12.1. The molecule has 3 nitrogen and oxygen atoms in total. The molecule has 18 heavy (non-hydrogen) atoms. The first-order valence-corrected chi connectivity index (χ1v) is 6.49. The Morgan fingerprint density at radius 3 is 2.67 bits per heavy atom. The third-order valence-electron chi connectivity index (χ3n) is 2.19. The van der Waals surface area contributed by atoms with Crippen LogP contribution in [0.25, 0.3) is 0 Å². The topological polar surface area (TPSA) is 42.0 Å². The first-order chi connectivity index (χ1) is 8.58. The van der Waals surface area contributed by atoms with E-state index in [4.69, 9.17) is 23.2 Å². The standard InChI is InChI=1S/C12H7BrCl2N2O/c13-9-2-1-7(5-11(9)15)17-12(18)8-6-16-4-3-10(8)14/h1-6H,(H,17,18). The minimum atomic E-state index is -0.327. The summed E-state index contributed by atoms with van der Waals surface area (Å²) in [5.74, 6) is -0.327. The number of hydrogen-bond acceptors (Lipinski definition) is 2. The number of carbonyl (C=O) groups is 1. The molecule has 0 bridgehead atoms. The van der Waals surface area contributed by atoms with Crippen molar-refractivity contribution in [3.05, 3.63) is 56.7 Å². The van der Waals surface area contributed by atoms with E-state index in [1.165, 1.54) is 12.4 Å². The summed E-state index contributed by atoms with van der Waals surface area (Å²) in [7, 11) is 0. The molecule has 0 atom stereocenters. The highest BCUT2D eigenvalue weighted by atomic mass is 79.9. The molecule has 2 rings (SSSR count). The Morgan fingerprint density at radius 1 is 1.22 bits per heavy atom. The van der Waals surface area contributed by atoms with Gasteiger partial charge in [0, 0.05) is 22.6 Å². The van der Waals surface area contributed by atoms with Crippen LogP contribution in [0.15, 0.2) is 41.1 Å². The maximum atomic E-state index is 11.9. The van der Waals surface area contributed by atoms with Crippen LogP contribution in [0.4, 0.5) is 5.69 Å². The number of anilines is 1. The van der Waals surface area contributed by atoms with Gasteiger partial charge in [-0.2, -0.15) is 0 Å². The molecule has 0 saturated carbocycles. The fraction of sp³-hybridized carbons (Fsp3) is 0. The summed E-state index contributed by atoms with van der Waals surface area (Å²) < 4.78 is 0.765. The summed E-state index contributed by atoms with van der Waals surface area (Å²) in [5.41, 5.74) is 0.909. The van der Waals surface area contributed by atoms with Crippen molar-refractivity contribution >= 4 is 50.7 Å². The average Bonchev–Trinajstić information content (AvgIpc) is 2.34. The molecule has 0 unspecified atom stereocenters.